The Labute approximate surface area is 278 Å². The van der Waals surface area contributed by atoms with Crippen LogP contribution in [0.25, 0.3) is 0 Å². The quantitative estimate of drug-likeness (QED) is 0.0892. The molecule has 4 heterocycles. The molecule has 2 amide bonds. The second kappa shape index (κ2) is 16.9. The zero-order chi connectivity index (χ0) is 36.3. The molecule has 0 radical (unpaired) electrons. The third-order valence-corrected chi connectivity index (χ3v) is 8.93. The minimum atomic E-state index is -1.91. The van der Waals surface area contributed by atoms with Crippen LogP contribution in [0.3, 0.4) is 0 Å². The normalized spacial score (nSPS) is 43.6. The Bertz CT molecular complexity index is 1140. The van der Waals surface area contributed by atoms with E-state index in [4.69, 9.17) is 29.4 Å². The summed E-state index contributed by atoms with van der Waals surface area (Å²) in [4.78, 5) is 37.8. The van der Waals surface area contributed by atoms with Gasteiger partial charge in [0, 0.05) is 6.54 Å². The van der Waals surface area contributed by atoms with Crippen molar-refractivity contribution in [3.8, 4) is 0 Å². The third-order valence-electron chi connectivity index (χ3n) is 8.93. The van der Waals surface area contributed by atoms with Gasteiger partial charge in [-0.05, 0) is 12.8 Å². The predicted octanol–water partition coefficient (Wildman–Crippen LogP) is -8.66. The molecule has 49 heavy (non-hydrogen) atoms. The van der Waals surface area contributed by atoms with E-state index in [9.17, 15) is 70.6 Å². The molecule has 4 fully saturated rings. The molecular formula is C27H45N3O19. The van der Waals surface area contributed by atoms with Gasteiger partial charge >= 0.3 is 5.97 Å². The van der Waals surface area contributed by atoms with Gasteiger partial charge in [-0.2, -0.15) is 0 Å². The lowest BCUT2D eigenvalue weighted by molar-refractivity contribution is -0.336. The number of carbonyl (C=O) groups excluding carboxylic acids is 2. The topological polar surface area (TPSA) is 361 Å². The Morgan fingerprint density at radius 1 is 0.735 bits per heavy atom. The molecule has 22 nitrogen and oxygen atoms in total. The van der Waals surface area contributed by atoms with Crippen LogP contribution in [-0.4, -0.2) is 209 Å². The first kappa shape index (κ1) is 39.6. The van der Waals surface area contributed by atoms with Gasteiger partial charge in [-0.1, -0.05) is 0 Å². The molecule has 0 aromatic rings. The van der Waals surface area contributed by atoms with E-state index in [-0.39, 0.29) is 13.0 Å². The van der Waals surface area contributed by atoms with Crippen LogP contribution in [-0.2, 0) is 38.1 Å². The van der Waals surface area contributed by atoms with Gasteiger partial charge in [-0.15, -0.1) is 0 Å². The summed E-state index contributed by atoms with van der Waals surface area (Å²) in [6.45, 7) is -1.94. The lowest BCUT2D eigenvalue weighted by atomic mass is 9.97. The number of aliphatic hydroxyl groups excluding tert-OH is 10. The first-order valence-corrected chi connectivity index (χ1v) is 15.6. The number of nitrogens with zero attached hydrogens (tertiary/aromatic N) is 1. The highest BCUT2D eigenvalue weighted by molar-refractivity contribution is 5.91. The number of likely N-dealkylation sites (tertiary alicyclic amines) is 1. The average Bonchev–Trinajstić information content (AvgIpc) is 3.57. The Hall–Kier alpha value is -2.23. The maximum Gasteiger partial charge on any atom is 0.326 e. The average molecular weight is 716 g/mol. The van der Waals surface area contributed by atoms with E-state index in [1.807, 2.05) is 0 Å². The second-order valence-corrected chi connectivity index (χ2v) is 12.4. The first-order valence-electron chi connectivity index (χ1n) is 15.6. The predicted molar refractivity (Wildman–Crippen MR) is 152 cm³/mol. The highest BCUT2D eigenvalue weighted by Gasteiger charge is 2.49. The van der Waals surface area contributed by atoms with Crippen molar-refractivity contribution in [2.24, 2.45) is 5.73 Å². The number of hydrogen-bond acceptors (Lipinski definition) is 19. The summed E-state index contributed by atoms with van der Waals surface area (Å²) in [6, 6.07) is -2.52. The van der Waals surface area contributed by atoms with Gasteiger partial charge in [0.15, 0.2) is 18.8 Å². The molecule has 17 atom stereocenters. The fourth-order valence-corrected chi connectivity index (χ4v) is 5.99. The first-order chi connectivity index (χ1) is 23.1. The number of rotatable bonds is 12. The summed E-state index contributed by atoms with van der Waals surface area (Å²) in [5.41, 5.74) is 5.85. The number of amides is 2. The highest BCUT2D eigenvalue weighted by atomic mass is 16.7. The zero-order valence-electron chi connectivity index (χ0n) is 26.0. The van der Waals surface area contributed by atoms with Crippen molar-refractivity contribution < 1.29 is 94.2 Å². The Balaban J connectivity index is 1.32. The number of carboxylic acid groups (broad SMARTS) is 1. The van der Waals surface area contributed by atoms with Crippen LogP contribution in [0.4, 0.5) is 0 Å². The maximum absolute atomic E-state index is 12.7. The number of carboxylic acids is 1. The van der Waals surface area contributed by atoms with Crippen molar-refractivity contribution in [3.63, 3.8) is 0 Å². The van der Waals surface area contributed by atoms with Gasteiger partial charge in [0.05, 0.1) is 32.3 Å². The van der Waals surface area contributed by atoms with Crippen molar-refractivity contribution >= 4 is 17.8 Å². The second-order valence-electron chi connectivity index (χ2n) is 12.4. The number of ether oxygens (including phenoxy) is 5. The van der Waals surface area contributed by atoms with E-state index >= 15 is 0 Å². The van der Waals surface area contributed by atoms with Crippen molar-refractivity contribution in [1.82, 2.24) is 10.2 Å². The Kier molecular flexibility index (Phi) is 13.6. The number of carbonyl (C=O) groups is 3. The molecule has 14 N–H and O–H groups in total. The van der Waals surface area contributed by atoms with E-state index < -0.39 is 148 Å². The molecule has 0 unspecified atom stereocenters. The molecule has 0 spiro atoms. The van der Waals surface area contributed by atoms with Gasteiger partial charge in [0.2, 0.25) is 11.8 Å². The SMILES string of the molecule is N[C@@H](CC(=O)N[C@H]1O[C@H](CO[C@@H]2O[C@H](CO[C@H]3O[C@H](CO)[C@@H](O)[C@H](O)[C@H]3O)[C@@H](O)[C@H](O)[C@H]2O)[C@@H](O)[C@H](O)[C@H]1O)C(=O)N1CCC[C@H]1C(=O)O. The van der Waals surface area contributed by atoms with Gasteiger partial charge in [0.25, 0.3) is 0 Å². The van der Waals surface area contributed by atoms with Gasteiger partial charge in [-0.3, -0.25) is 9.59 Å². The molecule has 0 bridgehead atoms. The molecule has 282 valence electrons. The molecule has 0 saturated carbocycles. The van der Waals surface area contributed by atoms with E-state index in [0.717, 1.165) is 4.90 Å². The van der Waals surface area contributed by atoms with Crippen molar-refractivity contribution in [1.29, 1.82) is 0 Å². The van der Waals surface area contributed by atoms with Gasteiger partial charge in [0.1, 0.15) is 79.3 Å². The van der Waals surface area contributed by atoms with Crippen LogP contribution in [0.5, 0.6) is 0 Å². The van der Waals surface area contributed by atoms with Crippen LogP contribution in [0, 0.1) is 0 Å². The molecule has 4 saturated heterocycles. The smallest absolute Gasteiger partial charge is 0.326 e. The lowest BCUT2D eigenvalue weighted by Gasteiger charge is -2.44. The largest absolute Gasteiger partial charge is 0.480 e. The van der Waals surface area contributed by atoms with E-state index in [1.165, 1.54) is 0 Å². The minimum absolute atomic E-state index is 0.142. The Morgan fingerprint density at radius 2 is 1.22 bits per heavy atom. The monoisotopic (exact) mass is 715 g/mol. The van der Waals surface area contributed by atoms with E-state index in [1.54, 1.807) is 0 Å². The van der Waals surface area contributed by atoms with Crippen LogP contribution in [0.1, 0.15) is 19.3 Å². The summed E-state index contributed by atoms with van der Waals surface area (Å²) in [5.74, 6) is -2.91. The third kappa shape index (κ3) is 8.81. The lowest BCUT2D eigenvalue weighted by Crippen LogP contribution is -2.64. The highest BCUT2D eigenvalue weighted by Crippen LogP contribution is 2.28. The van der Waals surface area contributed by atoms with E-state index in [0.29, 0.717) is 6.42 Å². The maximum atomic E-state index is 12.7. The molecule has 0 aliphatic carbocycles. The van der Waals surface area contributed by atoms with Crippen LogP contribution >= 0.6 is 0 Å². The molecule has 0 aromatic carbocycles. The summed E-state index contributed by atoms with van der Waals surface area (Å²) in [6.07, 6.45) is -25.7. The van der Waals surface area contributed by atoms with Crippen molar-refractivity contribution in [3.05, 3.63) is 0 Å². The Morgan fingerprint density at radius 3 is 1.76 bits per heavy atom. The van der Waals surface area contributed by atoms with Gasteiger partial charge in [-0.25, -0.2) is 4.79 Å². The number of hydrogen-bond donors (Lipinski definition) is 13. The molecule has 4 aliphatic heterocycles. The number of aliphatic hydroxyl groups is 10. The molecule has 22 heteroatoms. The fourth-order valence-electron chi connectivity index (χ4n) is 5.99. The van der Waals surface area contributed by atoms with Crippen molar-refractivity contribution in [2.75, 3.05) is 26.4 Å². The summed E-state index contributed by atoms with van der Waals surface area (Å²) in [5, 5.41) is 114. The number of nitrogens with one attached hydrogen (secondary N) is 1. The zero-order valence-corrected chi connectivity index (χ0v) is 26.0. The fraction of sp³-hybridized carbons (Fsp3) is 0.889. The van der Waals surface area contributed by atoms with Crippen molar-refractivity contribution in [2.45, 2.75) is 123 Å². The summed E-state index contributed by atoms with van der Waals surface area (Å²) in [7, 11) is 0. The molecule has 0 aromatic heterocycles. The van der Waals surface area contributed by atoms with Gasteiger partial charge < -0.3 is 95.8 Å². The van der Waals surface area contributed by atoms with Crippen LogP contribution in [0.2, 0.25) is 0 Å². The van der Waals surface area contributed by atoms with Crippen LogP contribution < -0.4 is 11.1 Å². The molecular weight excluding hydrogens is 670 g/mol. The molecule has 4 aliphatic rings. The molecule has 4 rings (SSSR count). The standard InChI is InChI=1S/C27H45N3O19/c28-8(24(42)30-3-1-2-9(30)25(43)44)4-13(32)29-23-20(39)17(36)15(34)11(47-23)6-45-27-22(41)19(38)16(35)12(49-27)7-46-26-21(40)18(37)14(33)10(5-31)48-26/h8-12,14-23,26-27,31,33-41H,1-7,28H2,(H,29,32)(H,43,44)/t8-,9-,10+,11+,12+,14+,15+,16+,17-,18-,19-,20+,21+,22+,23-,26-,27+/m0/s1. The minimum Gasteiger partial charge on any atom is -0.480 e. The summed E-state index contributed by atoms with van der Waals surface area (Å²) >= 11 is 0. The van der Waals surface area contributed by atoms with E-state index in [2.05, 4.69) is 5.32 Å². The summed E-state index contributed by atoms with van der Waals surface area (Å²) < 4.78 is 27.0. The number of aliphatic carboxylic acids is 1. The van der Waals surface area contributed by atoms with Crippen LogP contribution in [0.15, 0.2) is 0 Å². The number of nitrogens with two attached hydrogens (primary N) is 1.